The van der Waals surface area contributed by atoms with Crippen LogP contribution in [0, 0.1) is 17.3 Å². The van der Waals surface area contributed by atoms with Crippen molar-refractivity contribution >= 4 is 18.3 Å². The topological polar surface area (TPSA) is 46.3 Å². The highest BCUT2D eigenvalue weighted by molar-refractivity contribution is 5.85. The van der Waals surface area contributed by atoms with Gasteiger partial charge in [0, 0.05) is 19.6 Å². The first kappa shape index (κ1) is 16.7. The fourth-order valence-corrected chi connectivity index (χ4v) is 2.28. The molecule has 0 aromatic carbocycles. The van der Waals surface area contributed by atoms with E-state index in [1.165, 1.54) is 0 Å². The first-order chi connectivity index (χ1) is 7.38. The number of likely N-dealkylation sites (tertiary alicyclic amines) is 1. The number of rotatable bonds is 3. The molecule has 0 unspecified atom stereocenters. The van der Waals surface area contributed by atoms with Crippen molar-refractivity contribution < 1.29 is 4.79 Å². The Balaban J connectivity index is 0.00000256. The van der Waals surface area contributed by atoms with E-state index in [0.29, 0.717) is 6.54 Å². The molecule has 1 aliphatic rings. The first-order valence-corrected chi connectivity index (χ1v) is 6.38. The second kappa shape index (κ2) is 6.60. The maximum Gasteiger partial charge on any atom is 0.229 e. The van der Waals surface area contributed by atoms with Gasteiger partial charge in [-0.25, -0.2) is 0 Å². The van der Waals surface area contributed by atoms with Crippen molar-refractivity contribution in [3.8, 4) is 0 Å². The van der Waals surface area contributed by atoms with Crippen LogP contribution in [0.3, 0.4) is 0 Å². The molecular weight excluding hydrogens is 236 g/mol. The van der Waals surface area contributed by atoms with Crippen molar-refractivity contribution in [1.29, 1.82) is 0 Å². The van der Waals surface area contributed by atoms with Crippen LogP contribution in [0.1, 0.15) is 40.5 Å². The van der Waals surface area contributed by atoms with E-state index in [0.717, 1.165) is 37.8 Å². The Morgan fingerprint density at radius 1 is 1.35 bits per heavy atom. The van der Waals surface area contributed by atoms with Gasteiger partial charge in [0.25, 0.3) is 0 Å². The van der Waals surface area contributed by atoms with Gasteiger partial charge in [-0.3, -0.25) is 4.79 Å². The summed E-state index contributed by atoms with van der Waals surface area (Å²) < 4.78 is 0. The number of amides is 1. The molecule has 0 atom stereocenters. The van der Waals surface area contributed by atoms with Crippen LogP contribution >= 0.6 is 12.4 Å². The second-order valence-electron chi connectivity index (χ2n) is 5.96. The summed E-state index contributed by atoms with van der Waals surface area (Å²) in [6.07, 6.45) is 2.29. The van der Waals surface area contributed by atoms with E-state index in [4.69, 9.17) is 5.73 Å². The Hall–Kier alpha value is -0.280. The lowest BCUT2D eigenvalue weighted by Crippen LogP contribution is -2.48. The quantitative estimate of drug-likeness (QED) is 0.848. The van der Waals surface area contributed by atoms with Crippen molar-refractivity contribution in [2.75, 3.05) is 19.6 Å². The van der Waals surface area contributed by atoms with Crippen molar-refractivity contribution in [1.82, 2.24) is 4.90 Å². The molecule has 0 aromatic heterocycles. The highest BCUT2D eigenvalue weighted by Crippen LogP contribution is 2.27. The maximum atomic E-state index is 12.2. The van der Waals surface area contributed by atoms with Gasteiger partial charge in [0.2, 0.25) is 5.91 Å². The lowest BCUT2D eigenvalue weighted by atomic mass is 9.85. The second-order valence-corrected chi connectivity index (χ2v) is 5.96. The third-order valence-corrected chi connectivity index (χ3v) is 3.86. The molecule has 1 heterocycles. The predicted molar refractivity (Wildman–Crippen MR) is 74.2 cm³/mol. The molecule has 2 N–H and O–H groups in total. The smallest absolute Gasteiger partial charge is 0.229 e. The van der Waals surface area contributed by atoms with Crippen molar-refractivity contribution in [3.05, 3.63) is 0 Å². The van der Waals surface area contributed by atoms with Gasteiger partial charge in [0.05, 0.1) is 5.41 Å². The van der Waals surface area contributed by atoms with Crippen molar-refractivity contribution in [3.63, 3.8) is 0 Å². The fourth-order valence-electron chi connectivity index (χ4n) is 2.28. The van der Waals surface area contributed by atoms with E-state index in [1.807, 2.05) is 18.7 Å². The van der Waals surface area contributed by atoms with Crippen LogP contribution in [0.5, 0.6) is 0 Å². The summed E-state index contributed by atoms with van der Waals surface area (Å²) in [5.41, 5.74) is 5.24. The van der Waals surface area contributed by atoms with E-state index >= 15 is 0 Å². The zero-order valence-electron chi connectivity index (χ0n) is 11.5. The third-order valence-electron chi connectivity index (χ3n) is 3.86. The van der Waals surface area contributed by atoms with E-state index in [9.17, 15) is 4.79 Å². The van der Waals surface area contributed by atoms with Crippen LogP contribution in [0.15, 0.2) is 0 Å². The highest BCUT2D eigenvalue weighted by atomic mass is 35.5. The van der Waals surface area contributed by atoms with Crippen LogP contribution in [0.25, 0.3) is 0 Å². The standard InChI is InChI=1S/C13H26N2O.ClH/c1-10(2)11-5-7-15(8-6-11)12(16)13(3,4)9-14;/h10-11H,5-9,14H2,1-4H3;1H. The van der Waals surface area contributed by atoms with Crippen LogP contribution < -0.4 is 5.73 Å². The van der Waals surface area contributed by atoms with E-state index in [2.05, 4.69) is 13.8 Å². The van der Waals surface area contributed by atoms with Gasteiger partial charge in [-0.05, 0) is 38.5 Å². The number of carbonyl (C=O) groups excluding carboxylic acids is 1. The molecule has 0 aromatic rings. The monoisotopic (exact) mass is 262 g/mol. The van der Waals surface area contributed by atoms with Gasteiger partial charge >= 0.3 is 0 Å². The summed E-state index contributed by atoms with van der Waals surface area (Å²) in [5.74, 6) is 1.74. The van der Waals surface area contributed by atoms with E-state index in [1.54, 1.807) is 0 Å². The van der Waals surface area contributed by atoms with Gasteiger partial charge in [-0.15, -0.1) is 12.4 Å². The maximum absolute atomic E-state index is 12.2. The van der Waals surface area contributed by atoms with Gasteiger partial charge < -0.3 is 10.6 Å². The normalized spacial score (nSPS) is 18.1. The van der Waals surface area contributed by atoms with Crippen LogP contribution in [-0.4, -0.2) is 30.4 Å². The number of hydrogen-bond acceptors (Lipinski definition) is 2. The molecule has 102 valence electrons. The Bertz CT molecular complexity index is 246. The van der Waals surface area contributed by atoms with Gasteiger partial charge in [0.1, 0.15) is 0 Å². The molecule has 1 aliphatic heterocycles. The van der Waals surface area contributed by atoms with Gasteiger partial charge in [-0.2, -0.15) is 0 Å². The molecule has 1 fully saturated rings. The molecule has 3 nitrogen and oxygen atoms in total. The highest BCUT2D eigenvalue weighted by Gasteiger charge is 2.33. The molecule has 4 heteroatoms. The molecule has 0 bridgehead atoms. The Kier molecular flexibility index (Phi) is 6.49. The Morgan fingerprint density at radius 2 is 1.82 bits per heavy atom. The van der Waals surface area contributed by atoms with E-state index < -0.39 is 5.41 Å². The molecule has 1 rings (SSSR count). The lowest BCUT2D eigenvalue weighted by Gasteiger charge is -2.37. The largest absolute Gasteiger partial charge is 0.342 e. The van der Waals surface area contributed by atoms with Crippen molar-refractivity contribution in [2.24, 2.45) is 23.0 Å². The number of halogens is 1. The zero-order chi connectivity index (χ0) is 12.3. The fraction of sp³-hybridized carbons (Fsp3) is 0.923. The van der Waals surface area contributed by atoms with Gasteiger partial charge in [0.15, 0.2) is 0 Å². The van der Waals surface area contributed by atoms with Crippen LogP contribution in [0.2, 0.25) is 0 Å². The molecule has 0 aliphatic carbocycles. The average Bonchev–Trinajstić information content (AvgIpc) is 2.28. The minimum atomic E-state index is -0.398. The van der Waals surface area contributed by atoms with Crippen LogP contribution in [0.4, 0.5) is 0 Å². The number of hydrogen-bond donors (Lipinski definition) is 1. The lowest BCUT2D eigenvalue weighted by molar-refractivity contribution is -0.141. The molecule has 0 spiro atoms. The predicted octanol–water partition coefficient (Wildman–Crippen LogP) is 2.29. The number of carbonyl (C=O) groups is 1. The van der Waals surface area contributed by atoms with Gasteiger partial charge in [-0.1, -0.05) is 13.8 Å². The van der Waals surface area contributed by atoms with Crippen LogP contribution in [-0.2, 0) is 4.79 Å². The Labute approximate surface area is 112 Å². The van der Waals surface area contributed by atoms with E-state index in [-0.39, 0.29) is 18.3 Å². The molecule has 0 radical (unpaired) electrons. The summed E-state index contributed by atoms with van der Waals surface area (Å²) in [7, 11) is 0. The summed E-state index contributed by atoms with van der Waals surface area (Å²) in [6, 6.07) is 0. The molecule has 1 saturated heterocycles. The molecule has 17 heavy (non-hydrogen) atoms. The number of nitrogens with two attached hydrogens (primary N) is 1. The summed E-state index contributed by atoms with van der Waals surface area (Å²) in [5, 5.41) is 0. The SMILES string of the molecule is CC(C)C1CCN(C(=O)C(C)(C)CN)CC1.Cl. The third kappa shape index (κ3) is 4.14. The zero-order valence-corrected chi connectivity index (χ0v) is 12.3. The van der Waals surface area contributed by atoms with Crippen molar-refractivity contribution in [2.45, 2.75) is 40.5 Å². The molecule has 1 amide bonds. The number of piperidine rings is 1. The summed E-state index contributed by atoms with van der Waals surface area (Å²) in [4.78, 5) is 14.2. The summed E-state index contributed by atoms with van der Waals surface area (Å²) in [6.45, 7) is 10.7. The minimum Gasteiger partial charge on any atom is -0.342 e. The summed E-state index contributed by atoms with van der Waals surface area (Å²) >= 11 is 0. The number of nitrogens with zero attached hydrogens (tertiary/aromatic N) is 1. The average molecular weight is 263 g/mol. The molecular formula is C13H27ClN2O. The first-order valence-electron chi connectivity index (χ1n) is 6.38. The molecule has 0 saturated carbocycles. The minimum absolute atomic E-state index is 0. The Morgan fingerprint density at radius 3 is 2.18 bits per heavy atom.